The molecule has 0 radical (unpaired) electrons. The van der Waals surface area contributed by atoms with E-state index in [0.717, 1.165) is 5.56 Å². The molecule has 1 aromatic rings. The number of hydrogen-bond donors (Lipinski definition) is 1. The Kier molecular flexibility index (Phi) is 4.95. The quantitative estimate of drug-likeness (QED) is 0.663. The third-order valence-electron chi connectivity index (χ3n) is 2.62. The van der Waals surface area contributed by atoms with Gasteiger partial charge in [0.1, 0.15) is 5.60 Å². The van der Waals surface area contributed by atoms with Crippen LogP contribution in [0.1, 0.15) is 46.2 Å². The minimum absolute atomic E-state index is 0.0694. The van der Waals surface area contributed by atoms with Crippen LogP contribution in [0.15, 0.2) is 30.3 Å². The monoisotopic (exact) mass is 265 g/mol. The van der Waals surface area contributed by atoms with Crippen LogP contribution in [0.5, 0.6) is 0 Å². The number of carbonyl (C=O) groups is 1. The number of amides is 1. The molecule has 0 spiro atoms. The molecule has 0 aliphatic rings. The van der Waals surface area contributed by atoms with Crippen molar-refractivity contribution >= 4 is 6.09 Å². The number of benzene rings is 1. The molecule has 19 heavy (non-hydrogen) atoms. The van der Waals surface area contributed by atoms with Crippen LogP contribution in [0.2, 0.25) is 0 Å². The fourth-order valence-electron chi connectivity index (χ4n) is 1.88. The number of ether oxygens (including phenoxy) is 1. The van der Waals surface area contributed by atoms with Crippen LogP contribution in [0.3, 0.4) is 0 Å². The third-order valence-corrected chi connectivity index (χ3v) is 2.62. The normalized spacial score (nSPS) is 13.2. The van der Waals surface area contributed by atoms with Crippen molar-refractivity contribution in [3.63, 3.8) is 0 Å². The lowest BCUT2D eigenvalue weighted by molar-refractivity contribution is -0.131. The second kappa shape index (κ2) is 6.06. The minimum atomic E-state index is -0.727. The van der Waals surface area contributed by atoms with Gasteiger partial charge in [-0.1, -0.05) is 44.2 Å². The number of carbonyl (C=O) groups excluding carboxylic acids is 1. The topological polar surface area (TPSA) is 49.8 Å². The van der Waals surface area contributed by atoms with Gasteiger partial charge in [-0.3, -0.25) is 5.21 Å². The van der Waals surface area contributed by atoms with Crippen molar-refractivity contribution in [1.82, 2.24) is 5.06 Å². The highest BCUT2D eigenvalue weighted by Gasteiger charge is 2.30. The molecule has 4 nitrogen and oxygen atoms in total. The average Bonchev–Trinajstić information content (AvgIpc) is 2.27. The maximum absolute atomic E-state index is 11.9. The number of hydrogen-bond acceptors (Lipinski definition) is 3. The number of rotatable bonds is 3. The molecule has 1 rings (SSSR count). The molecule has 0 aliphatic heterocycles. The van der Waals surface area contributed by atoms with Crippen LogP contribution >= 0.6 is 0 Å². The molecule has 1 atom stereocenters. The lowest BCUT2D eigenvalue weighted by atomic mass is 9.96. The van der Waals surface area contributed by atoms with Crippen molar-refractivity contribution in [3.05, 3.63) is 35.9 Å². The molecule has 0 fully saturated rings. The van der Waals surface area contributed by atoms with Gasteiger partial charge in [0.2, 0.25) is 0 Å². The smallest absolute Gasteiger partial charge is 0.434 e. The summed E-state index contributed by atoms with van der Waals surface area (Å²) < 4.78 is 5.19. The average molecular weight is 265 g/mol. The molecule has 0 aliphatic carbocycles. The van der Waals surface area contributed by atoms with E-state index in [9.17, 15) is 10.0 Å². The van der Waals surface area contributed by atoms with E-state index in [4.69, 9.17) is 4.74 Å². The molecule has 0 aromatic heterocycles. The summed E-state index contributed by atoms with van der Waals surface area (Å²) in [5, 5.41) is 10.8. The SMILES string of the molecule is CC(C)[C@H](c1ccccc1)N(O)C(=O)OC(C)(C)C. The maximum atomic E-state index is 11.9. The van der Waals surface area contributed by atoms with Gasteiger partial charge in [0, 0.05) is 0 Å². The zero-order valence-electron chi connectivity index (χ0n) is 12.3. The Bertz CT molecular complexity index is 409. The molecule has 0 saturated carbocycles. The Hall–Kier alpha value is -1.55. The molecule has 0 saturated heterocycles. The van der Waals surface area contributed by atoms with E-state index in [2.05, 4.69) is 0 Å². The molecule has 0 heterocycles. The van der Waals surface area contributed by atoms with Crippen molar-refractivity contribution in [3.8, 4) is 0 Å². The fourth-order valence-corrected chi connectivity index (χ4v) is 1.88. The van der Waals surface area contributed by atoms with Crippen molar-refractivity contribution in [2.75, 3.05) is 0 Å². The number of nitrogens with zero attached hydrogens (tertiary/aromatic N) is 1. The standard InChI is InChI=1S/C15H23NO3/c1-11(2)13(12-9-7-6-8-10-12)16(18)14(17)19-15(3,4)5/h6-11,13,18H,1-5H3/t13-/m1/s1. The van der Waals surface area contributed by atoms with E-state index >= 15 is 0 Å². The van der Waals surface area contributed by atoms with Crippen LogP contribution in [-0.2, 0) is 4.74 Å². The third kappa shape index (κ3) is 4.56. The summed E-state index contributed by atoms with van der Waals surface area (Å²) >= 11 is 0. The summed E-state index contributed by atoms with van der Waals surface area (Å²) in [5.74, 6) is 0.0694. The van der Waals surface area contributed by atoms with Gasteiger partial charge in [0.15, 0.2) is 0 Å². The second-order valence-corrected chi connectivity index (χ2v) is 5.92. The van der Waals surface area contributed by atoms with Gasteiger partial charge < -0.3 is 4.74 Å². The second-order valence-electron chi connectivity index (χ2n) is 5.92. The summed E-state index contributed by atoms with van der Waals surface area (Å²) in [7, 11) is 0. The Morgan fingerprint density at radius 2 is 1.74 bits per heavy atom. The maximum Gasteiger partial charge on any atom is 0.434 e. The molecule has 1 N–H and O–H groups in total. The van der Waals surface area contributed by atoms with Gasteiger partial charge in [-0.25, -0.2) is 4.79 Å². The summed E-state index contributed by atoms with van der Waals surface area (Å²) in [6.45, 7) is 9.21. The van der Waals surface area contributed by atoms with Crippen molar-refractivity contribution in [2.24, 2.45) is 5.92 Å². The van der Waals surface area contributed by atoms with Crippen LogP contribution in [0.4, 0.5) is 4.79 Å². The van der Waals surface area contributed by atoms with E-state index < -0.39 is 17.7 Å². The predicted molar refractivity (Wildman–Crippen MR) is 73.9 cm³/mol. The molecular weight excluding hydrogens is 242 g/mol. The Balaban J connectivity index is 2.92. The van der Waals surface area contributed by atoms with Crippen LogP contribution < -0.4 is 0 Å². The molecule has 1 amide bonds. The first-order chi connectivity index (χ1) is 8.72. The van der Waals surface area contributed by atoms with Crippen molar-refractivity contribution < 1.29 is 14.7 Å². The Labute approximate surface area is 114 Å². The molecule has 4 heteroatoms. The van der Waals surface area contributed by atoms with E-state index in [1.807, 2.05) is 44.2 Å². The molecule has 1 aromatic carbocycles. The molecule has 106 valence electrons. The van der Waals surface area contributed by atoms with Crippen molar-refractivity contribution in [1.29, 1.82) is 0 Å². The predicted octanol–water partition coefficient (Wildman–Crippen LogP) is 4.01. The van der Waals surface area contributed by atoms with Gasteiger partial charge in [-0.15, -0.1) is 0 Å². The Morgan fingerprint density at radius 3 is 2.16 bits per heavy atom. The summed E-state index contributed by atoms with van der Waals surface area (Å²) in [4.78, 5) is 11.9. The summed E-state index contributed by atoms with van der Waals surface area (Å²) in [6, 6.07) is 9.02. The highest BCUT2D eigenvalue weighted by atomic mass is 16.6. The Morgan fingerprint density at radius 1 is 1.21 bits per heavy atom. The van der Waals surface area contributed by atoms with Gasteiger partial charge in [0.05, 0.1) is 6.04 Å². The zero-order valence-corrected chi connectivity index (χ0v) is 12.3. The lowest BCUT2D eigenvalue weighted by Gasteiger charge is -2.31. The van der Waals surface area contributed by atoms with E-state index in [0.29, 0.717) is 5.06 Å². The zero-order chi connectivity index (χ0) is 14.6. The first-order valence-electron chi connectivity index (χ1n) is 6.48. The highest BCUT2D eigenvalue weighted by Crippen LogP contribution is 2.28. The van der Waals surface area contributed by atoms with Gasteiger partial charge in [-0.2, -0.15) is 5.06 Å². The fraction of sp³-hybridized carbons (Fsp3) is 0.533. The lowest BCUT2D eigenvalue weighted by Crippen LogP contribution is -2.38. The summed E-state index contributed by atoms with van der Waals surface area (Å²) in [6.07, 6.45) is -0.727. The molecule has 0 bridgehead atoms. The van der Waals surface area contributed by atoms with Gasteiger partial charge in [0.25, 0.3) is 0 Å². The molecular formula is C15H23NO3. The van der Waals surface area contributed by atoms with E-state index in [1.54, 1.807) is 20.8 Å². The highest BCUT2D eigenvalue weighted by molar-refractivity contribution is 5.67. The van der Waals surface area contributed by atoms with Gasteiger partial charge >= 0.3 is 6.09 Å². The largest absolute Gasteiger partial charge is 0.442 e. The minimum Gasteiger partial charge on any atom is -0.442 e. The van der Waals surface area contributed by atoms with Crippen molar-refractivity contribution in [2.45, 2.75) is 46.3 Å². The van der Waals surface area contributed by atoms with Crippen LogP contribution in [0, 0.1) is 5.92 Å². The first-order valence-corrected chi connectivity index (χ1v) is 6.48. The van der Waals surface area contributed by atoms with Gasteiger partial charge in [-0.05, 0) is 32.3 Å². The van der Waals surface area contributed by atoms with Crippen LogP contribution in [0.25, 0.3) is 0 Å². The van der Waals surface area contributed by atoms with Crippen LogP contribution in [-0.4, -0.2) is 22.0 Å². The summed E-state index contributed by atoms with van der Waals surface area (Å²) in [5.41, 5.74) is 0.252. The first kappa shape index (κ1) is 15.5. The van der Waals surface area contributed by atoms with E-state index in [1.165, 1.54) is 0 Å². The van der Waals surface area contributed by atoms with E-state index in [-0.39, 0.29) is 5.92 Å². The number of hydroxylamine groups is 2. The molecule has 0 unspecified atom stereocenters.